The molecule has 0 bridgehead atoms. The summed E-state index contributed by atoms with van der Waals surface area (Å²) in [6, 6.07) is 0. The lowest BCUT2D eigenvalue weighted by Crippen LogP contribution is -1.33. The maximum Gasteiger partial charge on any atom is 0.118 e. The van der Waals surface area contributed by atoms with Crippen LogP contribution in [0.5, 0.6) is 0 Å². The molecule has 0 atom stereocenters. The molecule has 0 nitrogen and oxygen atoms in total. The third-order valence-corrected chi connectivity index (χ3v) is 0.742. The van der Waals surface area contributed by atoms with Crippen LogP contribution in [0.3, 0.4) is 0 Å². The van der Waals surface area contributed by atoms with Crippen LogP contribution < -0.4 is 0 Å². The van der Waals surface area contributed by atoms with E-state index < -0.39 is 0 Å². The van der Waals surface area contributed by atoms with Crippen molar-refractivity contribution in [2.45, 2.75) is 0 Å². The molecule has 0 aliphatic carbocycles. The molecule has 0 N–H and O–H groups in total. The van der Waals surface area contributed by atoms with Crippen LogP contribution in [0, 0.1) is 12.8 Å². The van der Waals surface area contributed by atoms with Crippen molar-refractivity contribution < 1.29 is 0 Å². The number of terminal acetylenes is 1. The molecule has 0 aromatic carbocycles. The van der Waals surface area contributed by atoms with Gasteiger partial charge in [-0.1, -0.05) is 34.8 Å². The zero-order valence-corrected chi connectivity index (χ0v) is 5.63. The summed E-state index contributed by atoms with van der Waals surface area (Å²) >= 11 is 14.8. The lowest BCUT2D eigenvalue weighted by atomic mass is 11.2. The van der Waals surface area contributed by atoms with Gasteiger partial charge in [0.2, 0.25) is 0 Å². The van der Waals surface area contributed by atoms with Crippen molar-refractivity contribution in [2.24, 2.45) is 0 Å². The Morgan fingerprint density at radius 1 is 1.29 bits per heavy atom. The molecule has 7 heavy (non-hydrogen) atoms. The van der Waals surface area contributed by atoms with Gasteiger partial charge in [0.25, 0.3) is 0 Å². The van der Waals surface area contributed by atoms with Crippen LogP contribution in [0.25, 0.3) is 0 Å². The predicted octanol–water partition coefficient (Wildman–Crippen LogP) is 2.75. The van der Waals surface area contributed by atoms with Gasteiger partial charge < -0.3 is 0 Å². The minimum absolute atomic E-state index is 0.0895. The van der Waals surface area contributed by atoms with E-state index in [0.29, 0.717) is 0 Å². The highest BCUT2D eigenvalue weighted by Gasteiger charge is 1.70. The van der Waals surface area contributed by atoms with Gasteiger partial charge in [0.15, 0.2) is 0 Å². The number of hydrogen-bond donors (Lipinski definition) is 0. The second kappa shape index (κ2) is 9.48. The van der Waals surface area contributed by atoms with Gasteiger partial charge in [-0.2, -0.15) is 0 Å². The van der Waals surface area contributed by atoms with Crippen LogP contribution in [0.4, 0.5) is 0 Å². The van der Waals surface area contributed by atoms with E-state index in [9.17, 15) is 0 Å². The van der Waals surface area contributed by atoms with Crippen molar-refractivity contribution in [1.29, 1.82) is 0 Å². The Labute approximate surface area is 58.1 Å². The first-order chi connectivity index (χ1) is 3.27. The van der Waals surface area contributed by atoms with Gasteiger partial charge in [0, 0.05) is 5.54 Å². The van der Waals surface area contributed by atoms with E-state index in [1.807, 2.05) is 0 Å². The normalized spacial score (nSPS) is 5.29. The standard InChI is InChI=1S/C2HCl3.C2H2/c3-1-2(4)5;1-2/h1H;1-2H. The van der Waals surface area contributed by atoms with Gasteiger partial charge in [-0.25, -0.2) is 0 Å². The lowest BCUT2D eigenvalue weighted by molar-refractivity contribution is 2.36. The van der Waals surface area contributed by atoms with Crippen LogP contribution in [-0.2, 0) is 0 Å². The molecule has 0 rings (SSSR count). The van der Waals surface area contributed by atoms with E-state index in [4.69, 9.17) is 34.8 Å². The molecular formula is C4H3Cl3. The lowest BCUT2D eigenvalue weighted by Gasteiger charge is -1.64. The third kappa shape index (κ3) is 22.8. The molecule has 0 aliphatic rings. The summed E-state index contributed by atoms with van der Waals surface area (Å²) in [4.78, 5) is 0. The molecule has 0 aromatic heterocycles. The molecular weight excluding hydrogens is 154 g/mol. The molecule has 0 amide bonds. The van der Waals surface area contributed by atoms with E-state index in [-0.39, 0.29) is 4.49 Å². The van der Waals surface area contributed by atoms with Gasteiger partial charge >= 0.3 is 0 Å². The summed E-state index contributed by atoms with van der Waals surface area (Å²) in [5, 5.41) is 0. The zero-order chi connectivity index (χ0) is 6.28. The monoisotopic (exact) mass is 156 g/mol. The van der Waals surface area contributed by atoms with Gasteiger partial charge in [0.05, 0.1) is 0 Å². The smallest absolute Gasteiger partial charge is 0.118 e. The zero-order valence-electron chi connectivity index (χ0n) is 3.37. The highest BCUT2D eigenvalue weighted by molar-refractivity contribution is 6.58. The Hall–Kier alpha value is 0.170. The van der Waals surface area contributed by atoms with Gasteiger partial charge in [-0.05, 0) is 0 Å². The molecule has 0 saturated heterocycles. The molecule has 40 valence electrons. The summed E-state index contributed by atoms with van der Waals surface area (Å²) in [5.74, 6) is 0. The number of halogens is 3. The molecule has 0 unspecified atom stereocenters. The van der Waals surface area contributed by atoms with Crippen LogP contribution in [-0.4, -0.2) is 0 Å². The van der Waals surface area contributed by atoms with Crippen LogP contribution in [0.15, 0.2) is 10.0 Å². The largest absolute Gasteiger partial charge is 0.124 e. The fraction of sp³-hybridized carbons (Fsp3) is 0. The Morgan fingerprint density at radius 3 is 1.43 bits per heavy atom. The average molecular weight is 157 g/mol. The van der Waals surface area contributed by atoms with E-state index in [1.54, 1.807) is 0 Å². The Balaban J connectivity index is 0. The first-order valence-corrected chi connectivity index (χ1v) is 2.41. The van der Waals surface area contributed by atoms with Crippen molar-refractivity contribution in [3.8, 4) is 12.8 Å². The van der Waals surface area contributed by atoms with Crippen LogP contribution in [0.2, 0.25) is 0 Å². The summed E-state index contributed by atoms with van der Waals surface area (Å²) < 4.78 is 0.0895. The first-order valence-electron chi connectivity index (χ1n) is 1.22. The van der Waals surface area contributed by atoms with Crippen molar-refractivity contribution in [3.63, 3.8) is 0 Å². The molecule has 0 saturated carbocycles. The third-order valence-electron chi connectivity index (χ3n) is 0.0825. The summed E-state index contributed by atoms with van der Waals surface area (Å²) in [5.41, 5.74) is 1.09. The summed E-state index contributed by atoms with van der Waals surface area (Å²) in [6.45, 7) is 0. The molecule has 3 heteroatoms. The summed E-state index contributed by atoms with van der Waals surface area (Å²) in [7, 11) is 0. The van der Waals surface area contributed by atoms with Gasteiger partial charge in [-0.3, -0.25) is 0 Å². The second-order valence-corrected chi connectivity index (χ2v) is 1.62. The fourth-order valence-electron chi connectivity index (χ4n) is 0. The molecule has 0 fully saturated rings. The van der Waals surface area contributed by atoms with E-state index >= 15 is 0 Å². The summed E-state index contributed by atoms with van der Waals surface area (Å²) in [6.07, 6.45) is 8.00. The molecule has 0 aromatic rings. The quantitative estimate of drug-likeness (QED) is 0.474. The Kier molecular flexibility index (Phi) is 13.8. The molecule has 0 aliphatic heterocycles. The fourth-order valence-corrected chi connectivity index (χ4v) is 0. The van der Waals surface area contributed by atoms with Crippen molar-refractivity contribution in [2.75, 3.05) is 0 Å². The highest BCUT2D eigenvalue weighted by atomic mass is 35.5. The number of hydrogen-bond acceptors (Lipinski definition) is 0. The minimum atomic E-state index is 0.0895. The minimum Gasteiger partial charge on any atom is -0.124 e. The predicted molar refractivity (Wildman–Crippen MR) is 35.5 cm³/mol. The van der Waals surface area contributed by atoms with Crippen molar-refractivity contribution in [3.05, 3.63) is 10.0 Å². The number of rotatable bonds is 0. The highest BCUT2D eigenvalue weighted by Crippen LogP contribution is 2.05. The molecule has 0 radical (unpaired) electrons. The van der Waals surface area contributed by atoms with E-state index in [2.05, 4.69) is 12.8 Å². The maximum absolute atomic E-state index is 4.96. The second-order valence-electron chi connectivity index (χ2n) is 0.399. The average Bonchev–Trinajstić information content (AvgIpc) is 1.73. The SMILES string of the molecule is C#C.ClC=C(Cl)Cl. The van der Waals surface area contributed by atoms with Gasteiger partial charge in [0.1, 0.15) is 4.49 Å². The Bertz CT molecular complexity index is 68.2. The van der Waals surface area contributed by atoms with Gasteiger partial charge in [-0.15, -0.1) is 12.8 Å². The van der Waals surface area contributed by atoms with Crippen LogP contribution >= 0.6 is 34.8 Å². The van der Waals surface area contributed by atoms with E-state index in [1.165, 1.54) is 0 Å². The molecule has 0 spiro atoms. The Morgan fingerprint density at radius 2 is 1.43 bits per heavy atom. The maximum atomic E-state index is 4.96. The van der Waals surface area contributed by atoms with Crippen molar-refractivity contribution in [1.82, 2.24) is 0 Å². The van der Waals surface area contributed by atoms with Crippen molar-refractivity contribution >= 4 is 34.8 Å². The first kappa shape index (κ1) is 10.2. The van der Waals surface area contributed by atoms with E-state index in [0.717, 1.165) is 5.54 Å². The van der Waals surface area contributed by atoms with Crippen LogP contribution in [0.1, 0.15) is 0 Å². The molecule has 0 heterocycles. The topological polar surface area (TPSA) is 0 Å².